The number of carbonyl (C=O) groups excluding carboxylic acids is 1. The van der Waals surface area contributed by atoms with Crippen LogP contribution in [0.1, 0.15) is 18.5 Å². The van der Waals surface area contributed by atoms with E-state index in [-0.39, 0.29) is 6.61 Å². The second-order valence-electron chi connectivity index (χ2n) is 5.59. The van der Waals surface area contributed by atoms with Crippen LogP contribution in [-0.4, -0.2) is 41.6 Å². The van der Waals surface area contributed by atoms with Gasteiger partial charge in [-0.3, -0.25) is 0 Å². The molecule has 136 valence electrons. The molecule has 2 heterocycles. The third-order valence-corrected chi connectivity index (χ3v) is 4.08. The number of methoxy groups -OCH3 is 2. The molecule has 1 aliphatic rings. The van der Waals surface area contributed by atoms with Crippen LogP contribution in [0.3, 0.4) is 0 Å². The van der Waals surface area contributed by atoms with Gasteiger partial charge >= 0.3 is 5.97 Å². The summed E-state index contributed by atoms with van der Waals surface area (Å²) < 4.78 is 17.7. The predicted molar refractivity (Wildman–Crippen MR) is 95.2 cm³/mol. The van der Waals surface area contributed by atoms with E-state index in [4.69, 9.17) is 14.2 Å². The SMILES string of the molecule is C=CCOC(=O)C1=C(C)Nc2ncnn2[C@@H]1c1ccc(OC)cc1OC. The number of ether oxygens (including phenoxy) is 3. The van der Waals surface area contributed by atoms with Gasteiger partial charge in [-0.15, -0.1) is 0 Å². The van der Waals surface area contributed by atoms with Gasteiger partial charge in [-0.1, -0.05) is 12.7 Å². The van der Waals surface area contributed by atoms with Gasteiger partial charge in [0.15, 0.2) is 0 Å². The zero-order valence-electron chi connectivity index (χ0n) is 14.9. The van der Waals surface area contributed by atoms with Gasteiger partial charge in [0.25, 0.3) is 0 Å². The summed E-state index contributed by atoms with van der Waals surface area (Å²) in [5.41, 5.74) is 1.81. The monoisotopic (exact) mass is 356 g/mol. The first-order valence-electron chi connectivity index (χ1n) is 7.98. The van der Waals surface area contributed by atoms with Crippen LogP contribution in [0.15, 0.2) is 48.5 Å². The third kappa shape index (κ3) is 3.01. The summed E-state index contributed by atoms with van der Waals surface area (Å²) in [4.78, 5) is 16.9. The molecular weight excluding hydrogens is 336 g/mol. The Morgan fingerprint density at radius 2 is 2.19 bits per heavy atom. The predicted octanol–water partition coefficient (Wildman–Crippen LogP) is 2.31. The molecule has 0 aliphatic carbocycles. The van der Waals surface area contributed by atoms with Crippen LogP contribution in [0.5, 0.6) is 11.5 Å². The normalized spacial score (nSPS) is 15.7. The fourth-order valence-corrected chi connectivity index (χ4v) is 2.90. The summed E-state index contributed by atoms with van der Waals surface area (Å²) in [6.07, 6.45) is 2.95. The van der Waals surface area contributed by atoms with Crippen LogP contribution in [0, 0.1) is 0 Å². The number of carbonyl (C=O) groups is 1. The standard InChI is InChI=1S/C18H20N4O4/c1-5-8-26-17(23)15-11(2)21-18-19-10-20-22(18)16(15)13-7-6-12(24-3)9-14(13)25-4/h5-7,9-10,16H,1,8H2,2-4H3,(H,19,20,21)/t16-/m1/s1. The van der Waals surface area contributed by atoms with Gasteiger partial charge in [0, 0.05) is 17.3 Å². The van der Waals surface area contributed by atoms with Crippen LogP contribution in [0.25, 0.3) is 0 Å². The minimum Gasteiger partial charge on any atom is -0.497 e. The zero-order valence-corrected chi connectivity index (χ0v) is 14.9. The summed E-state index contributed by atoms with van der Waals surface area (Å²) in [7, 11) is 3.14. The molecule has 0 amide bonds. The molecule has 0 saturated carbocycles. The van der Waals surface area contributed by atoms with E-state index in [9.17, 15) is 4.79 Å². The quantitative estimate of drug-likeness (QED) is 0.628. The lowest BCUT2D eigenvalue weighted by Gasteiger charge is -2.29. The van der Waals surface area contributed by atoms with Gasteiger partial charge in [0.1, 0.15) is 30.5 Å². The highest BCUT2D eigenvalue weighted by Gasteiger charge is 2.36. The first-order valence-corrected chi connectivity index (χ1v) is 7.98. The number of hydrogen-bond acceptors (Lipinski definition) is 7. The molecule has 8 heteroatoms. The number of nitrogens with zero attached hydrogens (tertiary/aromatic N) is 3. The molecule has 1 atom stereocenters. The van der Waals surface area contributed by atoms with Crippen molar-refractivity contribution in [2.45, 2.75) is 13.0 Å². The molecule has 0 radical (unpaired) electrons. The van der Waals surface area contributed by atoms with Gasteiger partial charge in [-0.05, 0) is 19.1 Å². The lowest BCUT2D eigenvalue weighted by Crippen LogP contribution is -2.30. The van der Waals surface area contributed by atoms with E-state index >= 15 is 0 Å². The first-order chi connectivity index (χ1) is 12.6. The lowest BCUT2D eigenvalue weighted by molar-refractivity contribution is -0.138. The van der Waals surface area contributed by atoms with E-state index in [1.54, 1.807) is 38.0 Å². The molecule has 8 nitrogen and oxygen atoms in total. The van der Waals surface area contributed by atoms with Crippen molar-refractivity contribution in [2.24, 2.45) is 0 Å². The van der Waals surface area contributed by atoms with E-state index in [2.05, 4.69) is 22.0 Å². The van der Waals surface area contributed by atoms with Crippen LogP contribution < -0.4 is 14.8 Å². The number of fused-ring (bicyclic) bond motifs is 1. The van der Waals surface area contributed by atoms with Crippen molar-refractivity contribution in [1.29, 1.82) is 0 Å². The van der Waals surface area contributed by atoms with Crippen LogP contribution in [-0.2, 0) is 9.53 Å². The average molecular weight is 356 g/mol. The Balaban J connectivity index is 2.15. The Labute approximate surface area is 151 Å². The number of allylic oxidation sites excluding steroid dienone is 1. The van der Waals surface area contributed by atoms with Crippen molar-refractivity contribution in [3.8, 4) is 11.5 Å². The largest absolute Gasteiger partial charge is 0.497 e. The molecule has 0 bridgehead atoms. The number of aromatic nitrogens is 3. The van der Waals surface area contributed by atoms with Gasteiger partial charge in [0.05, 0.1) is 19.8 Å². The average Bonchev–Trinajstić information content (AvgIpc) is 3.12. The summed E-state index contributed by atoms with van der Waals surface area (Å²) in [6, 6.07) is 4.86. The molecule has 1 aliphatic heterocycles. The Morgan fingerprint density at radius 1 is 1.38 bits per heavy atom. The van der Waals surface area contributed by atoms with Crippen LogP contribution in [0.4, 0.5) is 5.95 Å². The van der Waals surface area contributed by atoms with E-state index in [1.165, 1.54) is 12.4 Å². The highest BCUT2D eigenvalue weighted by molar-refractivity contribution is 5.92. The van der Waals surface area contributed by atoms with E-state index < -0.39 is 12.0 Å². The van der Waals surface area contributed by atoms with E-state index in [1.807, 2.05) is 6.07 Å². The molecule has 0 fully saturated rings. The molecule has 0 spiro atoms. The highest BCUT2D eigenvalue weighted by atomic mass is 16.5. The molecule has 1 N–H and O–H groups in total. The van der Waals surface area contributed by atoms with E-state index in [0.29, 0.717) is 28.7 Å². The molecule has 0 unspecified atom stereocenters. The Hall–Kier alpha value is -3.29. The van der Waals surface area contributed by atoms with Crippen molar-refractivity contribution in [2.75, 3.05) is 26.1 Å². The number of rotatable bonds is 6. The topological polar surface area (TPSA) is 87.5 Å². The molecule has 2 aromatic rings. The number of esters is 1. The summed E-state index contributed by atoms with van der Waals surface area (Å²) in [5, 5.41) is 7.36. The van der Waals surface area contributed by atoms with Crippen molar-refractivity contribution < 1.29 is 19.0 Å². The highest BCUT2D eigenvalue weighted by Crippen LogP contribution is 2.40. The number of nitrogens with one attached hydrogen (secondary N) is 1. The summed E-state index contributed by atoms with van der Waals surface area (Å²) in [6.45, 7) is 5.49. The van der Waals surface area contributed by atoms with Crippen molar-refractivity contribution in [1.82, 2.24) is 14.8 Å². The lowest BCUT2D eigenvalue weighted by atomic mass is 9.95. The smallest absolute Gasteiger partial charge is 0.338 e. The minimum atomic E-state index is -0.549. The van der Waals surface area contributed by atoms with E-state index in [0.717, 1.165) is 5.56 Å². The molecule has 26 heavy (non-hydrogen) atoms. The first kappa shape index (κ1) is 17.5. The Morgan fingerprint density at radius 3 is 2.88 bits per heavy atom. The van der Waals surface area contributed by atoms with Gasteiger partial charge in [0.2, 0.25) is 5.95 Å². The fraction of sp³-hybridized carbons (Fsp3) is 0.278. The second kappa shape index (κ2) is 7.30. The van der Waals surface area contributed by atoms with Crippen molar-refractivity contribution in [3.05, 3.63) is 54.0 Å². The maximum atomic E-state index is 12.7. The Bertz CT molecular complexity index is 872. The summed E-state index contributed by atoms with van der Waals surface area (Å²) in [5.74, 6) is 1.29. The zero-order chi connectivity index (χ0) is 18.7. The molecule has 0 saturated heterocycles. The maximum Gasteiger partial charge on any atom is 0.338 e. The minimum absolute atomic E-state index is 0.117. The number of benzene rings is 1. The van der Waals surface area contributed by atoms with Gasteiger partial charge in [-0.25, -0.2) is 9.48 Å². The van der Waals surface area contributed by atoms with Gasteiger partial charge < -0.3 is 19.5 Å². The van der Waals surface area contributed by atoms with Crippen LogP contribution >= 0.6 is 0 Å². The molecule has 3 rings (SSSR count). The van der Waals surface area contributed by atoms with Crippen molar-refractivity contribution >= 4 is 11.9 Å². The maximum absolute atomic E-state index is 12.7. The summed E-state index contributed by atoms with van der Waals surface area (Å²) >= 11 is 0. The molecular formula is C18H20N4O4. The number of anilines is 1. The van der Waals surface area contributed by atoms with Gasteiger partial charge in [-0.2, -0.15) is 10.1 Å². The second-order valence-corrected chi connectivity index (χ2v) is 5.59. The molecule has 1 aromatic carbocycles. The van der Waals surface area contributed by atoms with Crippen LogP contribution in [0.2, 0.25) is 0 Å². The molecule has 1 aromatic heterocycles. The third-order valence-electron chi connectivity index (χ3n) is 4.08. The van der Waals surface area contributed by atoms with Crippen molar-refractivity contribution in [3.63, 3.8) is 0 Å². The Kier molecular flexibility index (Phi) is 4.92. The number of hydrogen-bond donors (Lipinski definition) is 1. The fourth-order valence-electron chi connectivity index (χ4n) is 2.90.